The van der Waals surface area contributed by atoms with Gasteiger partial charge in [0.2, 0.25) is 0 Å². The van der Waals surface area contributed by atoms with E-state index < -0.39 is 15.1 Å². The van der Waals surface area contributed by atoms with Crippen LogP contribution in [0.15, 0.2) is 33.6 Å². The summed E-state index contributed by atoms with van der Waals surface area (Å²) >= 11 is 3.32. The number of nitrogens with two attached hydrogens (primary N) is 1. The first-order valence-electron chi connectivity index (χ1n) is 6.50. The first kappa shape index (κ1) is 15.0. The summed E-state index contributed by atoms with van der Waals surface area (Å²) < 4.78 is 26.2. The molecule has 0 radical (unpaired) electrons. The number of hydrogen-bond donors (Lipinski definition) is 1. The number of rotatable bonds is 2. The van der Waals surface area contributed by atoms with Crippen molar-refractivity contribution in [3.63, 3.8) is 0 Å². The number of halogens is 1. The molecule has 3 nitrogen and oxygen atoms in total. The minimum Gasteiger partial charge on any atom is -0.326 e. The van der Waals surface area contributed by atoms with Crippen LogP contribution in [0.25, 0.3) is 0 Å². The molecule has 1 saturated carbocycles. The van der Waals surface area contributed by atoms with E-state index in [0.717, 1.165) is 17.3 Å². The summed E-state index contributed by atoms with van der Waals surface area (Å²) in [5.41, 5.74) is 6.10. The topological polar surface area (TPSA) is 60.2 Å². The summed E-state index contributed by atoms with van der Waals surface area (Å²) in [6.45, 7) is 4.11. The van der Waals surface area contributed by atoms with Gasteiger partial charge in [0.05, 0.1) is 10.1 Å². The van der Waals surface area contributed by atoms with Gasteiger partial charge in [0.15, 0.2) is 9.84 Å². The van der Waals surface area contributed by atoms with Gasteiger partial charge in [-0.05, 0) is 36.5 Å². The van der Waals surface area contributed by atoms with Gasteiger partial charge in [-0.2, -0.15) is 0 Å². The Kier molecular flexibility index (Phi) is 4.10. The molecule has 2 rings (SSSR count). The lowest BCUT2D eigenvalue weighted by atomic mass is 9.73. The summed E-state index contributed by atoms with van der Waals surface area (Å²) in [4.78, 5) is 0.361. The predicted octanol–water partition coefficient (Wildman–Crippen LogP) is 3.13. The van der Waals surface area contributed by atoms with Gasteiger partial charge in [0.25, 0.3) is 0 Å². The van der Waals surface area contributed by atoms with Crippen LogP contribution in [0.3, 0.4) is 0 Å². The maximum atomic E-state index is 12.7. The van der Waals surface area contributed by atoms with Crippen LogP contribution in [0.5, 0.6) is 0 Å². The van der Waals surface area contributed by atoms with E-state index in [1.807, 2.05) is 6.07 Å². The van der Waals surface area contributed by atoms with Crippen LogP contribution in [-0.2, 0) is 9.84 Å². The van der Waals surface area contributed by atoms with Crippen LogP contribution in [0.1, 0.15) is 33.1 Å². The molecule has 2 atom stereocenters. The molecule has 1 fully saturated rings. The Morgan fingerprint density at radius 1 is 1.37 bits per heavy atom. The van der Waals surface area contributed by atoms with Crippen LogP contribution in [0.2, 0.25) is 0 Å². The van der Waals surface area contributed by atoms with E-state index in [1.165, 1.54) is 0 Å². The molecule has 0 heterocycles. The largest absolute Gasteiger partial charge is 0.326 e. The molecule has 0 aliphatic heterocycles. The highest BCUT2D eigenvalue weighted by Gasteiger charge is 2.43. The summed E-state index contributed by atoms with van der Waals surface area (Å²) in [5.74, 6) is 0. The quantitative estimate of drug-likeness (QED) is 0.895. The Hall–Kier alpha value is -0.390. The van der Waals surface area contributed by atoms with Gasteiger partial charge in [-0.3, -0.25) is 0 Å². The van der Waals surface area contributed by atoms with Crippen LogP contribution in [-0.4, -0.2) is 19.7 Å². The van der Waals surface area contributed by atoms with Crippen LogP contribution in [0, 0.1) is 5.41 Å². The van der Waals surface area contributed by atoms with Crippen molar-refractivity contribution in [2.24, 2.45) is 11.1 Å². The lowest BCUT2D eigenvalue weighted by molar-refractivity contribution is 0.204. The molecular formula is C14H20BrNO2S. The van der Waals surface area contributed by atoms with Gasteiger partial charge in [-0.1, -0.05) is 42.3 Å². The number of hydrogen-bond acceptors (Lipinski definition) is 3. The lowest BCUT2D eigenvalue weighted by Gasteiger charge is -2.41. The molecular weight excluding hydrogens is 326 g/mol. The maximum Gasteiger partial charge on any atom is 0.182 e. The molecule has 1 aliphatic rings. The fourth-order valence-corrected chi connectivity index (χ4v) is 5.47. The van der Waals surface area contributed by atoms with E-state index in [2.05, 4.69) is 29.8 Å². The number of benzene rings is 1. The van der Waals surface area contributed by atoms with Crippen LogP contribution < -0.4 is 5.73 Å². The maximum absolute atomic E-state index is 12.7. The average molecular weight is 346 g/mol. The van der Waals surface area contributed by atoms with Crippen molar-refractivity contribution < 1.29 is 8.42 Å². The van der Waals surface area contributed by atoms with Crippen molar-refractivity contribution in [3.05, 3.63) is 28.7 Å². The highest BCUT2D eigenvalue weighted by molar-refractivity contribution is 9.10. The highest BCUT2D eigenvalue weighted by Crippen LogP contribution is 2.39. The van der Waals surface area contributed by atoms with Crippen LogP contribution in [0.4, 0.5) is 0 Å². The first-order valence-corrected chi connectivity index (χ1v) is 8.84. The SMILES string of the molecule is CC1(C)CCCC(S(=O)(=O)c2cccc(Br)c2)C1N. The summed E-state index contributed by atoms with van der Waals surface area (Å²) in [7, 11) is -3.36. The fourth-order valence-electron chi connectivity index (χ4n) is 2.78. The van der Waals surface area contributed by atoms with Crippen molar-refractivity contribution in [2.45, 2.75) is 49.3 Å². The molecule has 1 aliphatic carbocycles. The molecule has 0 spiro atoms. The monoisotopic (exact) mass is 345 g/mol. The minimum atomic E-state index is -3.36. The predicted molar refractivity (Wildman–Crippen MR) is 80.7 cm³/mol. The molecule has 19 heavy (non-hydrogen) atoms. The van der Waals surface area contributed by atoms with E-state index in [-0.39, 0.29) is 11.5 Å². The van der Waals surface area contributed by atoms with Crippen molar-refractivity contribution in [3.8, 4) is 0 Å². The Labute approximate surface area is 123 Å². The van der Waals surface area contributed by atoms with Gasteiger partial charge in [0.1, 0.15) is 0 Å². The average Bonchev–Trinajstić information content (AvgIpc) is 2.32. The van der Waals surface area contributed by atoms with E-state index in [4.69, 9.17) is 5.73 Å². The second-order valence-corrected chi connectivity index (χ2v) is 9.03. The molecule has 0 aromatic heterocycles. The van der Waals surface area contributed by atoms with Crippen molar-refractivity contribution in [2.75, 3.05) is 0 Å². The van der Waals surface area contributed by atoms with Gasteiger partial charge >= 0.3 is 0 Å². The zero-order valence-corrected chi connectivity index (χ0v) is 13.7. The second-order valence-electron chi connectivity index (χ2n) is 5.95. The molecule has 1 aromatic carbocycles. The Balaban J connectivity index is 2.40. The highest BCUT2D eigenvalue weighted by atomic mass is 79.9. The molecule has 5 heteroatoms. The molecule has 0 amide bonds. The third-order valence-corrected chi connectivity index (χ3v) is 6.87. The lowest BCUT2D eigenvalue weighted by Crippen LogP contribution is -2.52. The minimum absolute atomic E-state index is 0.123. The molecule has 1 aromatic rings. The first-order chi connectivity index (χ1) is 8.75. The van der Waals surface area contributed by atoms with Crippen molar-refractivity contribution >= 4 is 25.8 Å². The van der Waals surface area contributed by atoms with E-state index >= 15 is 0 Å². The molecule has 2 N–H and O–H groups in total. The summed E-state index contributed by atoms with van der Waals surface area (Å²) in [6.07, 6.45) is 2.55. The van der Waals surface area contributed by atoms with Gasteiger partial charge in [0, 0.05) is 10.5 Å². The Morgan fingerprint density at radius 2 is 2.05 bits per heavy atom. The molecule has 106 valence electrons. The third kappa shape index (κ3) is 2.88. The van der Waals surface area contributed by atoms with Crippen molar-refractivity contribution in [1.82, 2.24) is 0 Å². The van der Waals surface area contributed by atoms with E-state index in [0.29, 0.717) is 11.3 Å². The fraction of sp³-hybridized carbons (Fsp3) is 0.571. The molecule has 0 saturated heterocycles. The van der Waals surface area contributed by atoms with E-state index in [1.54, 1.807) is 18.2 Å². The zero-order valence-electron chi connectivity index (χ0n) is 11.3. The smallest absolute Gasteiger partial charge is 0.182 e. The normalized spacial score (nSPS) is 27.2. The molecule has 0 bridgehead atoms. The Morgan fingerprint density at radius 3 is 2.68 bits per heavy atom. The zero-order chi connectivity index (χ0) is 14.3. The number of sulfone groups is 1. The summed E-state index contributed by atoms with van der Waals surface area (Å²) in [5, 5.41) is -0.481. The second kappa shape index (κ2) is 5.19. The van der Waals surface area contributed by atoms with Gasteiger partial charge < -0.3 is 5.73 Å². The standard InChI is InChI=1S/C14H20BrNO2S/c1-14(2)8-4-7-12(13(14)16)19(17,18)11-6-3-5-10(15)9-11/h3,5-6,9,12-13H,4,7-8,16H2,1-2H3. The van der Waals surface area contributed by atoms with Gasteiger partial charge in [-0.15, -0.1) is 0 Å². The van der Waals surface area contributed by atoms with Gasteiger partial charge in [-0.25, -0.2) is 8.42 Å². The van der Waals surface area contributed by atoms with E-state index in [9.17, 15) is 8.42 Å². The molecule has 2 unspecified atom stereocenters. The van der Waals surface area contributed by atoms with Crippen molar-refractivity contribution in [1.29, 1.82) is 0 Å². The summed E-state index contributed by atoms with van der Waals surface area (Å²) in [6, 6.07) is 6.56. The Bertz CT molecular complexity index is 569. The van der Waals surface area contributed by atoms with Crippen LogP contribution >= 0.6 is 15.9 Å². The third-order valence-electron chi connectivity index (χ3n) is 4.14.